The smallest absolute Gasteiger partial charge is 0.115 e. The Morgan fingerprint density at radius 1 is 1.05 bits per heavy atom. The molecule has 2 heteroatoms. The Labute approximate surface area is 119 Å². The lowest BCUT2D eigenvalue weighted by atomic mass is 9.88. The molecule has 2 aromatic rings. The lowest BCUT2D eigenvalue weighted by molar-refractivity contribution is 0.105. The van der Waals surface area contributed by atoms with Crippen LogP contribution in [0, 0.1) is 5.92 Å². The maximum absolute atomic E-state index is 10.7. The molecular weight excluding hydrogens is 248 g/mol. The Morgan fingerprint density at radius 3 is 2.75 bits per heavy atom. The summed E-state index contributed by atoms with van der Waals surface area (Å²) in [7, 11) is 0. The summed E-state index contributed by atoms with van der Waals surface area (Å²) in [6.45, 7) is 0. The van der Waals surface area contributed by atoms with Crippen molar-refractivity contribution in [2.24, 2.45) is 5.92 Å². The molecule has 20 heavy (non-hydrogen) atoms. The summed E-state index contributed by atoms with van der Waals surface area (Å²) < 4.78 is 0. The minimum atomic E-state index is -0.406. The maximum atomic E-state index is 10.7. The molecule has 2 nitrogen and oxygen atoms in total. The van der Waals surface area contributed by atoms with Gasteiger partial charge in [0.25, 0.3) is 0 Å². The van der Waals surface area contributed by atoms with Crippen LogP contribution in [0.5, 0.6) is 5.75 Å². The predicted molar refractivity (Wildman–Crippen MR) is 79.6 cm³/mol. The molecule has 2 atom stereocenters. The second kappa shape index (κ2) is 5.68. The summed E-state index contributed by atoms with van der Waals surface area (Å²) in [4.78, 5) is 0. The van der Waals surface area contributed by atoms with E-state index in [0.29, 0.717) is 5.75 Å². The zero-order valence-corrected chi connectivity index (χ0v) is 11.5. The van der Waals surface area contributed by atoms with Gasteiger partial charge >= 0.3 is 0 Å². The van der Waals surface area contributed by atoms with E-state index in [2.05, 4.69) is 6.07 Å². The van der Waals surface area contributed by atoms with E-state index in [1.807, 2.05) is 30.3 Å². The third-order valence-electron chi connectivity index (χ3n) is 4.25. The van der Waals surface area contributed by atoms with Crippen molar-refractivity contribution in [2.75, 3.05) is 0 Å². The number of aliphatic hydroxyl groups is 1. The van der Waals surface area contributed by atoms with E-state index < -0.39 is 6.10 Å². The molecule has 104 valence electrons. The highest BCUT2D eigenvalue weighted by atomic mass is 16.3. The van der Waals surface area contributed by atoms with Crippen molar-refractivity contribution in [2.45, 2.75) is 31.8 Å². The number of rotatable bonds is 2. The van der Waals surface area contributed by atoms with Crippen LogP contribution in [-0.4, -0.2) is 10.2 Å². The minimum absolute atomic E-state index is 0.223. The van der Waals surface area contributed by atoms with Gasteiger partial charge in [-0.1, -0.05) is 36.4 Å². The van der Waals surface area contributed by atoms with Gasteiger partial charge in [-0.15, -0.1) is 0 Å². The molecule has 0 aliphatic heterocycles. The topological polar surface area (TPSA) is 40.5 Å². The molecule has 0 spiro atoms. The summed E-state index contributed by atoms with van der Waals surface area (Å²) in [6, 6.07) is 15.6. The summed E-state index contributed by atoms with van der Waals surface area (Å²) in [5.74, 6) is 0.520. The van der Waals surface area contributed by atoms with Gasteiger partial charge < -0.3 is 10.2 Å². The van der Waals surface area contributed by atoms with Crippen LogP contribution in [0.4, 0.5) is 0 Å². The molecule has 0 amide bonds. The van der Waals surface area contributed by atoms with E-state index in [1.54, 1.807) is 12.1 Å². The van der Waals surface area contributed by atoms with Gasteiger partial charge in [0.1, 0.15) is 5.75 Å². The van der Waals surface area contributed by atoms with Crippen LogP contribution in [0.25, 0.3) is 0 Å². The first-order valence-electron chi connectivity index (χ1n) is 7.28. The van der Waals surface area contributed by atoms with Crippen molar-refractivity contribution in [3.05, 3.63) is 65.2 Å². The highest BCUT2D eigenvalue weighted by Gasteiger charge is 2.25. The Hall–Kier alpha value is -1.80. The van der Waals surface area contributed by atoms with Gasteiger partial charge in [-0.05, 0) is 60.4 Å². The first-order chi connectivity index (χ1) is 9.74. The molecule has 2 unspecified atom stereocenters. The van der Waals surface area contributed by atoms with Gasteiger partial charge in [0.15, 0.2) is 0 Å². The lowest BCUT2D eigenvalue weighted by Crippen LogP contribution is -2.14. The van der Waals surface area contributed by atoms with Gasteiger partial charge in [0.05, 0.1) is 6.10 Å². The summed E-state index contributed by atoms with van der Waals surface area (Å²) >= 11 is 0. The van der Waals surface area contributed by atoms with Crippen LogP contribution in [0.3, 0.4) is 0 Å². The van der Waals surface area contributed by atoms with Crippen LogP contribution < -0.4 is 0 Å². The number of fused-ring (bicyclic) bond motifs is 1. The average Bonchev–Trinajstić information content (AvgIpc) is 2.60. The molecule has 0 saturated heterocycles. The molecule has 0 bridgehead atoms. The average molecular weight is 268 g/mol. The first-order valence-corrected chi connectivity index (χ1v) is 7.28. The molecule has 0 fully saturated rings. The Kier molecular flexibility index (Phi) is 3.75. The molecule has 2 N–H and O–H groups in total. The third kappa shape index (κ3) is 2.70. The summed E-state index contributed by atoms with van der Waals surface area (Å²) in [6.07, 6.45) is 3.58. The van der Waals surface area contributed by atoms with E-state index in [-0.39, 0.29) is 5.92 Å². The molecular formula is C18H20O2. The Morgan fingerprint density at radius 2 is 1.90 bits per heavy atom. The Bertz CT molecular complexity index is 591. The monoisotopic (exact) mass is 268 g/mol. The fourth-order valence-electron chi connectivity index (χ4n) is 3.22. The van der Waals surface area contributed by atoms with Crippen molar-refractivity contribution in [3.8, 4) is 5.75 Å². The standard InChI is InChI=1S/C18H20O2/c19-16-9-3-5-13(12-16)11-15-8-4-7-14-6-1-2-10-17(14)18(15)20/h1-3,5-6,9-10,12,15,18-20H,4,7-8,11H2. The number of phenolic OH excluding ortho intramolecular Hbond substituents is 1. The van der Waals surface area contributed by atoms with E-state index in [1.165, 1.54) is 5.56 Å². The highest BCUT2D eigenvalue weighted by molar-refractivity contribution is 5.32. The third-order valence-corrected chi connectivity index (χ3v) is 4.25. The van der Waals surface area contributed by atoms with Gasteiger partial charge in [-0.2, -0.15) is 0 Å². The predicted octanol–water partition coefficient (Wildman–Crippen LogP) is 3.62. The van der Waals surface area contributed by atoms with Crippen molar-refractivity contribution < 1.29 is 10.2 Å². The van der Waals surface area contributed by atoms with E-state index in [4.69, 9.17) is 0 Å². The van der Waals surface area contributed by atoms with Gasteiger partial charge in [-0.25, -0.2) is 0 Å². The number of aromatic hydroxyl groups is 1. The molecule has 2 aromatic carbocycles. The minimum Gasteiger partial charge on any atom is -0.508 e. The van der Waals surface area contributed by atoms with Gasteiger partial charge in [0, 0.05) is 0 Å². The maximum Gasteiger partial charge on any atom is 0.115 e. The molecule has 0 saturated carbocycles. The molecule has 0 radical (unpaired) electrons. The normalized spacial score (nSPS) is 22.1. The molecule has 1 aliphatic rings. The SMILES string of the molecule is Oc1cccc(CC2CCCc3ccccc3C2O)c1. The van der Waals surface area contributed by atoms with E-state index in [0.717, 1.165) is 36.8 Å². The quantitative estimate of drug-likeness (QED) is 0.817. The fourth-order valence-corrected chi connectivity index (χ4v) is 3.22. The lowest BCUT2D eigenvalue weighted by Gasteiger charge is -2.22. The van der Waals surface area contributed by atoms with Crippen molar-refractivity contribution in [1.82, 2.24) is 0 Å². The van der Waals surface area contributed by atoms with Crippen LogP contribution in [0.1, 0.15) is 35.6 Å². The Balaban J connectivity index is 1.84. The van der Waals surface area contributed by atoms with Gasteiger partial charge in [0.2, 0.25) is 0 Å². The number of phenols is 1. The van der Waals surface area contributed by atoms with Crippen molar-refractivity contribution >= 4 is 0 Å². The van der Waals surface area contributed by atoms with Crippen LogP contribution in [0.2, 0.25) is 0 Å². The highest BCUT2D eigenvalue weighted by Crippen LogP contribution is 2.35. The van der Waals surface area contributed by atoms with Crippen LogP contribution in [-0.2, 0) is 12.8 Å². The second-order valence-electron chi connectivity index (χ2n) is 5.67. The number of aliphatic hydroxyl groups excluding tert-OH is 1. The summed E-state index contributed by atoms with van der Waals surface area (Å²) in [5, 5.41) is 20.2. The molecule has 0 heterocycles. The molecule has 0 aromatic heterocycles. The number of hydrogen-bond donors (Lipinski definition) is 2. The zero-order chi connectivity index (χ0) is 13.9. The zero-order valence-electron chi connectivity index (χ0n) is 11.5. The van der Waals surface area contributed by atoms with Crippen molar-refractivity contribution in [3.63, 3.8) is 0 Å². The van der Waals surface area contributed by atoms with Gasteiger partial charge in [-0.3, -0.25) is 0 Å². The summed E-state index contributed by atoms with van der Waals surface area (Å²) in [5.41, 5.74) is 3.45. The second-order valence-corrected chi connectivity index (χ2v) is 5.67. The van der Waals surface area contributed by atoms with Crippen molar-refractivity contribution in [1.29, 1.82) is 0 Å². The number of aryl methyl sites for hydroxylation is 1. The van der Waals surface area contributed by atoms with E-state index in [9.17, 15) is 10.2 Å². The largest absolute Gasteiger partial charge is 0.508 e. The molecule has 1 aliphatic carbocycles. The van der Waals surface area contributed by atoms with E-state index >= 15 is 0 Å². The fraction of sp³-hybridized carbons (Fsp3) is 0.333. The number of hydrogen-bond acceptors (Lipinski definition) is 2. The van der Waals surface area contributed by atoms with Crippen LogP contribution in [0.15, 0.2) is 48.5 Å². The van der Waals surface area contributed by atoms with Crippen LogP contribution >= 0.6 is 0 Å². The number of benzene rings is 2. The molecule has 3 rings (SSSR count). The first kappa shape index (κ1) is 13.2.